The number of aromatic nitrogens is 1. The molecule has 0 aliphatic carbocycles. The minimum Gasteiger partial charge on any atom is -0.494 e. The fourth-order valence-corrected chi connectivity index (χ4v) is 4.06. The van der Waals surface area contributed by atoms with Gasteiger partial charge in [0.05, 0.1) is 12.6 Å². The zero-order valence-electron chi connectivity index (χ0n) is 17.2. The van der Waals surface area contributed by atoms with E-state index in [0.717, 1.165) is 40.4 Å². The second-order valence-corrected chi connectivity index (χ2v) is 7.42. The van der Waals surface area contributed by atoms with Crippen molar-refractivity contribution < 1.29 is 9.53 Å². The monoisotopic (exact) mass is 389 g/mol. The lowest BCUT2D eigenvalue weighted by Gasteiger charge is -2.37. The summed E-state index contributed by atoms with van der Waals surface area (Å²) in [6.45, 7) is 8.09. The summed E-state index contributed by atoms with van der Waals surface area (Å²) in [6.07, 6.45) is 2.08. The van der Waals surface area contributed by atoms with Crippen molar-refractivity contribution in [1.82, 2.24) is 9.47 Å². The van der Waals surface area contributed by atoms with E-state index in [4.69, 9.17) is 4.74 Å². The Hall–Kier alpha value is -3.21. The zero-order valence-corrected chi connectivity index (χ0v) is 17.2. The highest BCUT2D eigenvalue weighted by molar-refractivity contribution is 5.91. The SMILES string of the molecule is CCOc1ccc(C2c3cccn3CCN2C(=O)Nc2c(C)cccc2C)cc1. The van der Waals surface area contributed by atoms with Crippen LogP contribution in [0.1, 0.15) is 35.3 Å². The third-order valence-electron chi connectivity index (χ3n) is 5.52. The van der Waals surface area contributed by atoms with Crippen LogP contribution >= 0.6 is 0 Å². The number of hydrogen-bond donors (Lipinski definition) is 1. The number of anilines is 1. The average Bonchev–Trinajstić information content (AvgIpc) is 3.20. The van der Waals surface area contributed by atoms with E-state index in [-0.39, 0.29) is 12.1 Å². The smallest absolute Gasteiger partial charge is 0.322 e. The summed E-state index contributed by atoms with van der Waals surface area (Å²) in [5, 5.41) is 3.16. The number of para-hydroxylation sites is 1. The molecule has 4 rings (SSSR count). The standard InChI is InChI=1S/C24H27N3O2/c1-4-29-20-12-10-19(11-13-20)23-21-9-6-14-26(21)15-16-27(23)24(28)25-22-17(2)7-5-8-18(22)3/h5-14,23H,4,15-16H2,1-3H3,(H,25,28). The fourth-order valence-electron chi connectivity index (χ4n) is 4.06. The minimum absolute atomic E-state index is 0.0752. The molecule has 0 saturated heterocycles. The molecule has 2 heterocycles. The van der Waals surface area contributed by atoms with Gasteiger partial charge in [0.2, 0.25) is 0 Å². The number of amides is 2. The van der Waals surface area contributed by atoms with E-state index in [2.05, 4.69) is 34.3 Å². The van der Waals surface area contributed by atoms with Crippen LogP contribution in [-0.4, -0.2) is 28.6 Å². The van der Waals surface area contributed by atoms with Gasteiger partial charge in [0, 0.05) is 30.7 Å². The first kappa shape index (κ1) is 19.1. The number of urea groups is 1. The molecule has 1 aliphatic rings. The number of benzene rings is 2. The van der Waals surface area contributed by atoms with Gasteiger partial charge in [-0.3, -0.25) is 0 Å². The van der Waals surface area contributed by atoms with E-state index in [9.17, 15) is 4.79 Å². The first-order valence-corrected chi connectivity index (χ1v) is 10.1. The zero-order chi connectivity index (χ0) is 20.4. The first-order chi connectivity index (χ1) is 14.1. The van der Waals surface area contributed by atoms with Crippen LogP contribution in [0.25, 0.3) is 0 Å². The number of fused-ring (bicyclic) bond motifs is 1. The fraction of sp³-hybridized carbons (Fsp3) is 0.292. The van der Waals surface area contributed by atoms with Crippen molar-refractivity contribution in [2.75, 3.05) is 18.5 Å². The second-order valence-electron chi connectivity index (χ2n) is 7.42. The molecular formula is C24H27N3O2. The Bertz CT molecular complexity index is 987. The average molecular weight is 389 g/mol. The van der Waals surface area contributed by atoms with Crippen molar-refractivity contribution in [1.29, 1.82) is 0 Å². The highest BCUT2D eigenvalue weighted by Gasteiger charge is 2.32. The maximum absolute atomic E-state index is 13.3. The third kappa shape index (κ3) is 3.73. The van der Waals surface area contributed by atoms with Crippen LogP contribution < -0.4 is 10.1 Å². The Morgan fingerprint density at radius 2 is 1.76 bits per heavy atom. The number of carbonyl (C=O) groups is 1. The van der Waals surface area contributed by atoms with E-state index in [0.29, 0.717) is 13.2 Å². The number of aryl methyl sites for hydroxylation is 2. The van der Waals surface area contributed by atoms with Gasteiger partial charge in [0.25, 0.3) is 0 Å². The van der Waals surface area contributed by atoms with Gasteiger partial charge in [-0.25, -0.2) is 4.79 Å². The molecule has 2 aromatic carbocycles. The maximum Gasteiger partial charge on any atom is 0.322 e. The van der Waals surface area contributed by atoms with E-state index in [1.807, 2.05) is 62.1 Å². The van der Waals surface area contributed by atoms with Crippen molar-refractivity contribution in [3.63, 3.8) is 0 Å². The summed E-state index contributed by atoms with van der Waals surface area (Å²) in [4.78, 5) is 15.3. The molecule has 1 unspecified atom stereocenters. The molecule has 1 aliphatic heterocycles. The van der Waals surface area contributed by atoms with E-state index in [1.54, 1.807) is 0 Å². The summed E-state index contributed by atoms with van der Waals surface area (Å²) in [6, 6.07) is 18.0. The molecule has 2 amide bonds. The molecule has 0 fully saturated rings. The Kier molecular flexibility index (Phi) is 5.30. The van der Waals surface area contributed by atoms with Crippen molar-refractivity contribution in [2.45, 2.75) is 33.4 Å². The molecule has 0 bridgehead atoms. The molecule has 1 aromatic heterocycles. The van der Waals surface area contributed by atoms with Gasteiger partial charge in [-0.2, -0.15) is 0 Å². The predicted molar refractivity (Wildman–Crippen MR) is 116 cm³/mol. The van der Waals surface area contributed by atoms with E-state index in [1.165, 1.54) is 0 Å². The number of nitrogens with zero attached hydrogens (tertiary/aromatic N) is 2. The van der Waals surface area contributed by atoms with Gasteiger partial charge in [-0.1, -0.05) is 30.3 Å². The molecule has 0 spiro atoms. The largest absolute Gasteiger partial charge is 0.494 e. The van der Waals surface area contributed by atoms with Crippen LogP contribution in [0, 0.1) is 13.8 Å². The maximum atomic E-state index is 13.3. The number of nitrogens with one attached hydrogen (secondary N) is 1. The summed E-state index contributed by atoms with van der Waals surface area (Å²) >= 11 is 0. The Labute approximate surface area is 171 Å². The molecular weight excluding hydrogens is 362 g/mol. The van der Waals surface area contributed by atoms with Gasteiger partial charge in [-0.05, 0) is 61.7 Å². The minimum atomic E-state index is -0.140. The lowest BCUT2D eigenvalue weighted by Crippen LogP contribution is -2.44. The molecule has 5 nitrogen and oxygen atoms in total. The predicted octanol–water partition coefficient (Wildman–Crippen LogP) is 5.14. The summed E-state index contributed by atoms with van der Waals surface area (Å²) in [7, 11) is 0. The molecule has 3 aromatic rings. The number of rotatable bonds is 4. The molecule has 0 radical (unpaired) electrons. The normalized spacial score (nSPS) is 15.7. The van der Waals surface area contributed by atoms with Crippen LogP contribution in [0.3, 0.4) is 0 Å². The molecule has 0 saturated carbocycles. The van der Waals surface area contributed by atoms with E-state index >= 15 is 0 Å². The topological polar surface area (TPSA) is 46.5 Å². The molecule has 5 heteroatoms. The summed E-state index contributed by atoms with van der Waals surface area (Å²) in [5.41, 5.74) is 5.22. The quantitative estimate of drug-likeness (QED) is 0.671. The van der Waals surface area contributed by atoms with Crippen molar-refractivity contribution in [2.24, 2.45) is 0 Å². The number of hydrogen-bond acceptors (Lipinski definition) is 2. The Morgan fingerprint density at radius 3 is 2.45 bits per heavy atom. The highest BCUT2D eigenvalue weighted by Crippen LogP contribution is 2.34. The van der Waals surface area contributed by atoms with Crippen LogP contribution in [0.5, 0.6) is 5.75 Å². The number of carbonyl (C=O) groups excluding carboxylic acids is 1. The van der Waals surface area contributed by atoms with Crippen LogP contribution in [0.15, 0.2) is 60.8 Å². The van der Waals surface area contributed by atoms with E-state index < -0.39 is 0 Å². The lowest BCUT2D eigenvalue weighted by atomic mass is 10.00. The highest BCUT2D eigenvalue weighted by atomic mass is 16.5. The van der Waals surface area contributed by atoms with Gasteiger partial charge < -0.3 is 19.5 Å². The molecule has 1 N–H and O–H groups in total. The third-order valence-corrected chi connectivity index (χ3v) is 5.52. The van der Waals surface area contributed by atoms with Gasteiger partial charge >= 0.3 is 6.03 Å². The van der Waals surface area contributed by atoms with Crippen molar-refractivity contribution >= 4 is 11.7 Å². The van der Waals surface area contributed by atoms with Crippen molar-refractivity contribution in [3.05, 3.63) is 83.2 Å². The Balaban J connectivity index is 1.67. The van der Waals surface area contributed by atoms with Crippen molar-refractivity contribution in [3.8, 4) is 5.75 Å². The van der Waals surface area contributed by atoms with Crippen LogP contribution in [-0.2, 0) is 6.54 Å². The molecule has 29 heavy (non-hydrogen) atoms. The first-order valence-electron chi connectivity index (χ1n) is 10.1. The van der Waals surface area contributed by atoms with Gasteiger partial charge in [0.1, 0.15) is 5.75 Å². The lowest BCUT2D eigenvalue weighted by molar-refractivity contribution is 0.182. The summed E-state index contributed by atoms with van der Waals surface area (Å²) in [5.74, 6) is 0.842. The number of ether oxygens (including phenoxy) is 1. The van der Waals surface area contributed by atoms with Gasteiger partial charge in [-0.15, -0.1) is 0 Å². The van der Waals surface area contributed by atoms with Gasteiger partial charge in [0.15, 0.2) is 0 Å². The van der Waals surface area contributed by atoms with Crippen LogP contribution in [0.2, 0.25) is 0 Å². The van der Waals surface area contributed by atoms with Crippen LogP contribution in [0.4, 0.5) is 10.5 Å². The molecule has 150 valence electrons. The second kappa shape index (κ2) is 8.03. The molecule has 1 atom stereocenters. The Morgan fingerprint density at radius 1 is 1.03 bits per heavy atom. The summed E-state index contributed by atoms with van der Waals surface area (Å²) < 4.78 is 7.81.